The summed E-state index contributed by atoms with van der Waals surface area (Å²) in [4.78, 5) is 30.8. The van der Waals surface area contributed by atoms with Crippen molar-refractivity contribution in [3.05, 3.63) is 40.9 Å². The Morgan fingerprint density at radius 3 is 3.00 bits per heavy atom. The second-order valence-corrected chi connectivity index (χ2v) is 7.77. The van der Waals surface area contributed by atoms with Crippen LogP contribution >= 0.6 is 11.3 Å². The van der Waals surface area contributed by atoms with Crippen LogP contribution in [0.1, 0.15) is 30.5 Å². The Kier molecular flexibility index (Phi) is 4.29. The summed E-state index contributed by atoms with van der Waals surface area (Å²) in [5.41, 5.74) is 3.16. The third-order valence-corrected chi connectivity index (χ3v) is 5.72. The number of carbonyl (C=O) groups is 2. The van der Waals surface area contributed by atoms with Gasteiger partial charge in [0.05, 0.1) is 18.2 Å². The first-order valence-corrected chi connectivity index (χ1v) is 9.57. The fourth-order valence-corrected chi connectivity index (χ4v) is 4.08. The molecule has 1 atom stereocenters. The van der Waals surface area contributed by atoms with Crippen LogP contribution in [0.15, 0.2) is 29.6 Å². The standard InChI is InChI=1S/C19H21N3O2S/c1-12-3-2-4-13(7-12)19-21-15(11-25-19)9-20-18(24)14-8-17(23)22(10-14)16-5-6-16/h2-4,7,11,14,16H,5-6,8-10H2,1H3,(H,20,24). The number of rotatable bonds is 5. The van der Waals surface area contributed by atoms with E-state index in [1.54, 1.807) is 11.3 Å². The second kappa shape index (κ2) is 6.59. The predicted octanol–water partition coefficient (Wildman–Crippen LogP) is 2.75. The maximum atomic E-state index is 12.4. The number of nitrogens with zero attached hydrogens (tertiary/aromatic N) is 2. The fourth-order valence-electron chi connectivity index (χ4n) is 3.27. The van der Waals surface area contributed by atoms with E-state index >= 15 is 0 Å². The molecule has 1 aliphatic heterocycles. The minimum absolute atomic E-state index is 0.0402. The van der Waals surface area contributed by atoms with Gasteiger partial charge in [-0.25, -0.2) is 4.98 Å². The number of thiazole rings is 1. The van der Waals surface area contributed by atoms with E-state index in [0.29, 0.717) is 25.6 Å². The topological polar surface area (TPSA) is 62.3 Å². The molecule has 1 aromatic heterocycles. The van der Waals surface area contributed by atoms with Crippen molar-refractivity contribution in [1.82, 2.24) is 15.2 Å². The molecule has 2 heterocycles. The van der Waals surface area contributed by atoms with Gasteiger partial charge >= 0.3 is 0 Å². The van der Waals surface area contributed by atoms with Gasteiger partial charge in [0.25, 0.3) is 0 Å². The molecule has 1 aromatic carbocycles. The Labute approximate surface area is 151 Å². The zero-order chi connectivity index (χ0) is 17.4. The number of hydrogen-bond acceptors (Lipinski definition) is 4. The summed E-state index contributed by atoms with van der Waals surface area (Å²) in [5.74, 6) is -0.136. The van der Waals surface area contributed by atoms with Crippen molar-refractivity contribution in [2.24, 2.45) is 5.92 Å². The molecule has 25 heavy (non-hydrogen) atoms. The summed E-state index contributed by atoms with van der Waals surface area (Å²) in [5, 5.41) is 5.89. The molecule has 2 fully saturated rings. The van der Waals surface area contributed by atoms with E-state index in [2.05, 4.69) is 29.4 Å². The maximum Gasteiger partial charge on any atom is 0.225 e. The second-order valence-electron chi connectivity index (χ2n) is 6.91. The van der Waals surface area contributed by atoms with Gasteiger partial charge in [-0.05, 0) is 25.8 Å². The Balaban J connectivity index is 1.34. The lowest BCUT2D eigenvalue weighted by molar-refractivity contribution is -0.129. The van der Waals surface area contributed by atoms with Crippen LogP contribution in [-0.2, 0) is 16.1 Å². The highest BCUT2D eigenvalue weighted by molar-refractivity contribution is 7.13. The van der Waals surface area contributed by atoms with Crippen LogP contribution in [0, 0.1) is 12.8 Å². The zero-order valence-corrected chi connectivity index (χ0v) is 15.0. The summed E-state index contributed by atoms with van der Waals surface area (Å²) in [6, 6.07) is 8.63. The Hall–Kier alpha value is -2.21. The number of aryl methyl sites for hydroxylation is 1. The van der Waals surface area contributed by atoms with E-state index in [-0.39, 0.29) is 17.7 Å². The lowest BCUT2D eigenvalue weighted by atomic mass is 10.1. The van der Waals surface area contributed by atoms with Crippen LogP contribution < -0.4 is 5.32 Å². The average molecular weight is 355 g/mol. The highest BCUT2D eigenvalue weighted by Crippen LogP contribution is 2.32. The molecule has 1 saturated carbocycles. The van der Waals surface area contributed by atoms with E-state index in [1.165, 1.54) is 5.56 Å². The number of benzene rings is 1. The quantitative estimate of drug-likeness (QED) is 0.897. The monoisotopic (exact) mass is 355 g/mol. The van der Waals surface area contributed by atoms with Crippen molar-refractivity contribution < 1.29 is 9.59 Å². The van der Waals surface area contributed by atoms with Crippen LogP contribution in [0.4, 0.5) is 0 Å². The van der Waals surface area contributed by atoms with Crippen LogP contribution in [-0.4, -0.2) is 34.3 Å². The number of aromatic nitrogens is 1. The summed E-state index contributed by atoms with van der Waals surface area (Å²) < 4.78 is 0. The Morgan fingerprint density at radius 2 is 2.24 bits per heavy atom. The van der Waals surface area contributed by atoms with Crippen molar-refractivity contribution in [2.75, 3.05) is 6.54 Å². The van der Waals surface area contributed by atoms with Gasteiger partial charge in [-0.3, -0.25) is 9.59 Å². The van der Waals surface area contributed by atoms with Gasteiger partial charge < -0.3 is 10.2 Å². The highest BCUT2D eigenvalue weighted by atomic mass is 32.1. The minimum Gasteiger partial charge on any atom is -0.350 e. The minimum atomic E-state index is -0.219. The molecule has 2 aliphatic rings. The first-order valence-electron chi connectivity index (χ1n) is 8.69. The highest BCUT2D eigenvalue weighted by Gasteiger charge is 2.41. The summed E-state index contributed by atoms with van der Waals surface area (Å²) in [7, 11) is 0. The number of carbonyl (C=O) groups excluding carboxylic acids is 2. The zero-order valence-electron chi connectivity index (χ0n) is 14.2. The third kappa shape index (κ3) is 3.58. The summed E-state index contributed by atoms with van der Waals surface area (Å²) in [6.45, 7) is 3.04. The first kappa shape index (κ1) is 16.3. The van der Waals surface area contributed by atoms with Crippen molar-refractivity contribution in [2.45, 2.75) is 38.8 Å². The van der Waals surface area contributed by atoms with Crippen LogP contribution in [0.5, 0.6) is 0 Å². The molecule has 0 bridgehead atoms. The van der Waals surface area contributed by atoms with Crippen LogP contribution in [0.2, 0.25) is 0 Å². The lowest BCUT2D eigenvalue weighted by Gasteiger charge is -2.15. The van der Waals surface area contributed by atoms with E-state index < -0.39 is 0 Å². The summed E-state index contributed by atoms with van der Waals surface area (Å²) >= 11 is 1.58. The number of likely N-dealkylation sites (tertiary alicyclic amines) is 1. The SMILES string of the molecule is Cc1cccc(-c2nc(CNC(=O)C3CC(=O)N(C4CC4)C3)cs2)c1. The van der Waals surface area contributed by atoms with E-state index in [4.69, 9.17) is 0 Å². The molecule has 0 radical (unpaired) electrons. The van der Waals surface area contributed by atoms with Crippen LogP contribution in [0.25, 0.3) is 10.6 Å². The van der Waals surface area contributed by atoms with E-state index in [1.807, 2.05) is 22.4 Å². The van der Waals surface area contributed by atoms with Gasteiger partial charge in [0.1, 0.15) is 5.01 Å². The van der Waals surface area contributed by atoms with Gasteiger partial charge in [-0.2, -0.15) is 0 Å². The van der Waals surface area contributed by atoms with Gasteiger partial charge in [-0.1, -0.05) is 23.8 Å². The van der Waals surface area contributed by atoms with Crippen molar-refractivity contribution in [3.63, 3.8) is 0 Å². The summed E-state index contributed by atoms with van der Waals surface area (Å²) in [6.07, 6.45) is 2.51. The molecule has 2 amide bonds. The maximum absolute atomic E-state index is 12.4. The van der Waals surface area contributed by atoms with Gasteiger partial charge in [-0.15, -0.1) is 11.3 Å². The molecule has 4 rings (SSSR count). The molecule has 2 aromatic rings. The van der Waals surface area contributed by atoms with E-state index in [0.717, 1.165) is 29.1 Å². The molecular weight excluding hydrogens is 334 g/mol. The smallest absolute Gasteiger partial charge is 0.225 e. The van der Waals surface area contributed by atoms with Gasteiger partial charge in [0, 0.05) is 30.0 Å². The number of amides is 2. The van der Waals surface area contributed by atoms with Crippen molar-refractivity contribution in [1.29, 1.82) is 0 Å². The van der Waals surface area contributed by atoms with Crippen molar-refractivity contribution in [3.8, 4) is 10.6 Å². The molecule has 1 aliphatic carbocycles. The lowest BCUT2D eigenvalue weighted by Crippen LogP contribution is -2.33. The first-order chi connectivity index (χ1) is 12.1. The Bertz CT molecular complexity index is 813. The molecule has 1 saturated heterocycles. The van der Waals surface area contributed by atoms with Crippen LogP contribution in [0.3, 0.4) is 0 Å². The van der Waals surface area contributed by atoms with Gasteiger partial charge in [0.2, 0.25) is 11.8 Å². The third-order valence-electron chi connectivity index (χ3n) is 4.78. The molecule has 6 heteroatoms. The molecule has 130 valence electrons. The van der Waals surface area contributed by atoms with Crippen molar-refractivity contribution >= 4 is 23.2 Å². The molecule has 1 unspecified atom stereocenters. The average Bonchev–Trinajstić information content (AvgIpc) is 3.19. The molecule has 0 spiro atoms. The molecule has 1 N–H and O–H groups in total. The largest absolute Gasteiger partial charge is 0.350 e. The number of nitrogens with one attached hydrogen (secondary N) is 1. The van der Waals surface area contributed by atoms with Gasteiger partial charge in [0.15, 0.2) is 0 Å². The number of hydrogen-bond donors (Lipinski definition) is 1. The van der Waals surface area contributed by atoms with E-state index in [9.17, 15) is 9.59 Å². The fraction of sp³-hybridized carbons (Fsp3) is 0.421. The Morgan fingerprint density at radius 1 is 1.40 bits per heavy atom. The predicted molar refractivity (Wildman–Crippen MR) is 97.0 cm³/mol. The molecular formula is C19H21N3O2S. The molecule has 5 nitrogen and oxygen atoms in total. The normalized spacial score (nSPS) is 20.1.